The van der Waals surface area contributed by atoms with E-state index >= 15 is 0 Å². The Bertz CT molecular complexity index is 562. The Hall–Kier alpha value is -1.77. The summed E-state index contributed by atoms with van der Waals surface area (Å²) >= 11 is 0. The molecule has 0 bridgehead atoms. The van der Waals surface area contributed by atoms with Crippen LogP contribution in [0.4, 0.5) is 18.0 Å². The van der Waals surface area contributed by atoms with Gasteiger partial charge in [-0.2, -0.15) is 18.3 Å². The van der Waals surface area contributed by atoms with E-state index in [1.165, 1.54) is 6.92 Å². The van der Waals surface area contributed by atoms with Crippen LogP contribution in [0.1, 0.15) is 43.8 Å². The number of hydrogen-bond donors (Lipinski definition) is 3. The van der Waals surface area contributed by atoms with Crippen molar-refractivity contribution in [2.24, 2.45) is 0 Å². The molecular formula is C14H23F3N4O2. The van der Waals surface area contributed by atoms with Crippen molar-refractivity contribution in [2.75, 3.05) is 6.54 Å². The van der Waals surface area contributed by atoms with Gasteiger partial charge in [-0.1, -0.05) is 0 Å². The SMILES string of the molecule is Cc1nn(CC(F)(F)F)c(C)c1[C@@H](C)NC(=O)NCC(C)(C)O. The Kier molecular flexibility index (Phi) is 5.68. The van der Waals surface area contributed by atoms with Crippen molar-refractivity contribution in [1.82, 2.24) is 20.4 Å². The van der Waals surface area contributed by atoms with Crippen molar-refractivity contribution in [2.45, 2.75) is 59.0 Å². The van der Waals surface area contributed by atoms with Crippen molar-refractivity contribution in [1.29, 1.82) is 0 Å². The molecule has 0 aliphatic carbocycles. The monoisotopic (exact) mass is 336 g/mol. The Labute approximate surface area is 133 Å². The number of amides is 2. The fourth-order valence-electron chi connectivity index (χ4n) is 2.28. The van der Waals surface area contributed by atoms with Gasteiger partial charge in [-0.15, -0.1) is 0 Å². The Morgan fingerprint density at radius 2 is 1.91 bits per heavy atom. The van der Waals surface area contributed by atoms with Crippen molar-refractivity contribution in [3.05, 3.63) is 17.0 Å². The lowest BCUT2D eigenvalue weighted by Gasteiger charge is -2.20. The molecule has 1 aromatic rings. The first kappa shape index (κ1) is 19.3. The molecular weight excluding hydrogens is 313 g/mol. The highest BCUT2D eigenvalue weighted by molar-refractivity contribution is 5.74. The second-order valence-electron chi connectivity index (χ2n) is 6.22. The molecule has 1 aromatic heterocycles. The van der Waals surface area contributed by atoms with E-state index in [1.807, 2.05) is 0 Å². The second-order valence-corrected chi connectivity index (χ2v) is 6.22. The van der Waals surface area contributed by atoms with Gasteiger partial charge in [0.05, 0.1) is 17.3 Å². The highest BCUT2D eigenvalue weighted by Gasteiger charge is 2.31. The Morgan fingerprint density at radius 3 is 2.39 bits per heavy atom. The number of alkyl halides is 3. The number of hydrogen-bond acceptors (Lipinski definition) is 3. The number of aliphatic hydroxyl groups is 1. The van der Waals surface area contributed by atoms with Gasteiger partial charge in [0.15, 0.2) is 0 Å². The number of halogens is 3. The molecule has 9 heteroatoms. The highest BCUT2D eigenvalue weighted by atomic mass is 19.4. The summed E-state index contributed by atoms with van der Waals surface area (Å²) in [6, 6.07) is -1.03. The molecule has 132 valence electrons. The van der Waals surface area contributed by atoms with Crippen LogP contribution in [0.15, 0.2) is 0 Å². The number of carbonyl (C=O) groups excluding carboxylic acids is 1. The molecule has 0 radical (unpaired) electrons. The predicted molar refractivity (Wildman–Crippen MR) is 79.0 cm³/mol. The van der Waals surface area contributed by atoms with Crippen LogP contribution in [-0.4, -0.2) is 39.2 Å². The van der Waals surface area contributed by atoms with Gasteiger partial charge in [0.2, 0.25) is 0 Å². The van der Waals surface area contributed by atoms with Crippen molar-refractivity contribution in [3.63, 3.8) is 0 Å². The Morgan fingerprint density at radius 1 is 1.35 bits per heavy atom. The van der Waals surface area contributed by atoms with Gasteiger partial charge in [0.1, 0.15) is 6.54 Å². The van der Waals surface area contributed by atoms with Crippen LogP contribution in [-0.2, 0) is 6.54 Å². The van der Waals surface area contributed by atoms with Crippen LogP contribution >= 0.6 is 0 Å². The lowest BCUT2D eigenvalue weighted by atomic mass is 10.1. The zero-order valence-corrected chi connectivity index (χ0v) is 13.9. The molecule has 0 fully saturated rings. The van der Waals surface area contributed by atoms with Crippen LogP contribution in [0.25, 0.3) is 0 Å². The van der Waals surface area contributed by atoms with E-state index in [0.717, 1.165) is 4.68 Å². The minimum Gasteiger partial charge on any atom is -0.389 e. The molecule has 0 aromatic carbocycles. The zero-order valence-electron chi connectivity index (χ0n) is 13.9. The third-order valence-electron chi connectivity index (χ3n) is 3.23. The smallest absolute Gasteiger partial charge is 0.389 e. The summed E-state index contributed by atoms with van der Waals surface area (Å²) in [6.07, 6.45) is -4.36. The van der Waals surface area contributed by atoms with E-state index in [0.29, 0.717) is 17.0 Å². The molecule has 0 unspecified atom stereocenters. The molecule has 0 aliphatic heterocycles. The van der Waals surface area contributed by atoms with Gasteiger partial charge in [-0.3, -0.25) is 4.68 Å². The van der Waals surface area contributed by atoms with Gasteiger partial charge in [0, 0.05) is 17.8 Å². The zero-order chi connectivity index (χ0) is 18.0. The average molecular weight is 336 g/mol. The summed E-state index contributed by atoms with van der Waals surface area (Å²) < 4.78 is 38.5. The maximum atomic E-state index is 12.5. The minimum absolute atomic E-state index is 0.0524. The van der Waals surface area contributed by atoms with Crippen LogP contribution in [0.5, 0.6) is 0 Å². The molecule has 1 heterocycles. The molecule has 2 amide bonds. The minimum atomic E-state index is -4.36. The number of carbonyl (C=O) groups is 1. The molecule has 3 N–H and O–H groups in total. The lowest BCUT2D eigenvalue weighted by Crippen LogP contribution is -2.44. The van der Waals surface area contributed by atoms with E-state index in [9.17, 15) is 23.1 Å². The third-order valence-corrected chi connectivity index (χ3v) is 3.23. The summed E-state index contributed by atoms with van der Waals surface area (Å²) in [6.45, 7) is 6.78. The topological polar surface area (TPSA) is 79.2 Å². The molecule has 0 saturated carbocycles. The highest BCUT2D eigenvalue weighted by Crippen LogP contribution is 2.24. The average Bonchev–Trinajstić information content (AvgIpc) is 2.58. The van der Waals surface area contributed by atoms with E-state index < -0.39 is 30.4 Å². The summed E-state index contributed by atoms with van der Waals surface area (Å²) in [5, 5.41) is 18.6. The first-order valence-corrected chi connectivity index (χ1v) is 7.17. The van der Waals surface area contributed by atoms with E-state index in [1.54, 1.807) is 27.7 Å². The maximum Gasteiger partial charge on any atom is 0.408 e. The standard InChI is InChI=1S/C14H23F3N4O2/c1-8(19-12(22)18-6-13(4,5)23)11-9(2)20-21(10(11)3)7-14(15,16)17/h8,23H,6-7H2,1-5H3,(H2,18,19,22)/t8-/m1/s1. The van der Waals surface area contributed by atoms with Gasteiger partial charge < -0.3 is 15.7 Å². The van der Waals surface area contributed by atoms with Crippen molar-refractivity contribution < 1.29 is 23.1 Å². The summed E-state index contributed by atoms with van der Waals surface area (Å²) in [4.78, 5) is 11.8. The fourth-order valence-corrected chi connectivity index (χ4v) is 2.28. The van der Waals surface area contributed by atoms with Gasteiger partial charge in [-0.25, -0.2) is 4.79 Å². The number of aryl methyl sites for hydroxylation is 1. The maximum absolute atomic E-state index is 12.5. The molecule has 0 saturated heterocycles. The number of nitrogens with one attached hydrogen (secondary N) is 2. The molecule has 23 heavy (non-hydrogen) atoms. The van der Waals surface area contributed by atoms with E-state index in [-0.39, 0.29) is 6.54 Å². The predicted octanol–water partition coefficient (Wildman–Crippen LogP) is 2.19. The van der Waals surface area contributed by atoms with Crippen LogP contribution in [0.3, 0.4) is 0 Å². The normalized spacial score (nSPS) is 13.8. The largest absolute Gasteiger partial charge is 0.408 e. The third kappa shape index (κ3) is 6.09. The van der Waals surface area contributed by atoms with Crippen LogP contribution < -0.4 is 10.6 Å². The Balaban J connectivity index is 2.80. The van der Waals surface area contributed by atoms with Crippen LogP contribution in [0.2, 0.25) is 0 Å². The molecule has 0 aliphatic rings. The quantitative estimate of drug-likeness (QED) is 0.771. The first-order chi connectivity index (χ1) is 10.3. The first-order valence-electron chi connectivity index (χ1n) is 7.17. The number of rotatable bonds is 5. The van der Waals surface area contributed by atoms with E-state index in [2.05, 4.69) is 15.7 Å². The summed E-state index contributed by atoms with van der Waals surface area (Å²) in [5.74, 6) is 0. The molecule has 1 atom stereocenters. The van der Waals surface area contributed by atoms with Crippen molar-refractivity contribution >= 4 is 6.03 Å². The molecule has 1 rings (SSSR count). The van der Waals surface area contributed by atoms with Gasteiger partial charge in [0.25, 0.3) is 0 Å². The number of aromatic nitrogens is 2. The number of nitrogens with zero attached hydrogens (tertiary/aromatic N) is 2. The summed E-state index contributed by atoms with van der Waals surface area (Å²) in [7, 11) is 0. The van der Waals surface area contributed by atoms with Crippen LogP contribution in [0, 0.1) is 13.8 Å². The van der Waals surface area contributed by atoms with Crippen molar-refractivity contribution in [3.8, 4) is 0 Å². The van der Waals surface area contributed by atoms with Gasteiger partial charge >= 0.3 is 12.2 Å². The fraction of sp³-hybridized carbons (Fsp3) is 0.714. The number of urea groups is 1. The molecule has 0 spiro atoms. The van der Waals surface area contributed by atoms with Gasteiger partial charge in [-0.05, 0) is 34.6 Å². The second kappa shape index (κ2) is 6.77. The molecule has 6 nitrogen and oxygen atoms in total. The summed E-state index contributed by atoms with van der Waals surface area (Å²) in [5.41, 5.74) is 0.286. The van der Waals surface area contributed by atoms with E-state index in [4.69, 9.17) is 0 Å². The lowest BCUT2D eigenvalue weighted by molar-refractivity contribution is -0.143.